The molecule has 1 heterocycles. The molecule has 0 atom stereocenters. The molecule has 2 aromatic carbocycles. The van der Waals surface area contributed by atoms with E-state index >= 15 is 0 Å². The van der Waals surface area contributed by atoms with Gasteiger partial charge in [-0.2, -0.15) is 13.2 Å². The number of alkyl halides is 3. The summed E-state index contributed by atoms with van der Waals surface area (Å²) in [5, 5.41) is 3.37. The van der Waals surface area contributed by atoms with Crippen LogP contribution >= 0.6 is 11.6 Å². The van der Waals surface area contributed by atoms with Crippen molar-refractivity contribution in [1.29, 1.82) is 0 Å². The van der Waals surface area contributed by atoms with Crippen LogP contribution in [0.15, 0.2) is 48.5 Å². The molecule has 0 unspecified atom stereocenters. The third-order valence-corrected chi connectivity index (χ3v) is 4.92. The van der Waals surface area contributed by atoms with E-state index in [1.165, 1.54) is 24.3 Å². The minimum atomic E-state index is -4.42. The smallest absolute Gasteiger partial charge is 0.422 e. The summed E-state index contributed by atoms with van der Waals surface area (Å²) in [5.41, 5.74) is 0.970. The molecule has 0 saturated carbocycles. The van der Waals surface area contributed by atoms with Gasteiger partial charge in [-0.3, -0.25) is 4.79 Å². The van der Waals surface area contributed by atoms with Crippen molar-refractivity contribution in [2.75, 3.05) is 38.1 Å². The van der Waals surface area contributed by atoms with Crippen LogP contribution in [0.4, 0.5) is 23.7 Å². The Labute approximate surface area is 182 Å². The monoisotopic (exact) mass is 455 g/mol. The molecule has 1 N–H and O–H groups in total. The van der Waals surface area contributed by atoms with E-state index in [9.17, 15) is 22.8 Å². The third kappa shape index (κ3) is 6.78. The molecule has 0 spiro atoms. The summed E-state index contributed by atoms with van der Waals surface area (Å²) >= 11 is 5.84. The fourth-order valence-electron chi connectivity index (χ4n) is 3.10. The molecule has 1 fully saturated rings. The minimum absolute atomic E-state index is 0.0368. The Bertz CT molecular complexity index is 905. The zero-order valence-corrected chi connectivity index (χ0v) is 17.2. The van der Waals surface area contributed by atoms with Crippen molar-refractivity contribution in [2.45, 2.75) is 12.6 Å². The molecule has 10 heteroatoms. The van der Waals surface area contributed by atoms with Crippen molar-refractivity contribution in [3.05, 3.63) is 59.1 Å². The Morgan fingerprint density at radius 1 is 0.935 bits per heavy atom. The fourth-order valence-corrected chi connectivity index (χ4v) is 3.23. The molecule has 0 radical (unpaired) electrons. The van der Waals surface area contributed by atoms with Crippen molar-refractivity contribution < 1.29 is 27.5 Å². The molecule has 0 aromatic heterocycles. The number of ether oxygens (including phenoxy) is 1. The van der Waals surface area contributed by atoms with Crippen LogP contribution in [-0.4, -0.2) is 60.7 Å². The fraction of sp³-hybridized carbons (Fsp3) is 0.333. The number of halogens is 4. The third-order valence-electron chi connectivity index (χ3n) is 4.67. The Morgan fingerprint density at radius 2 is 1.55 bits per heavy atom. The molecule has 166 valence electrons. The average molecular weight is 456 g/mol. The van der Waals surface area contributed by atoms with Crippen molar-refractivity contribution in [3.8, 4) is 5.75 Å². The summed E-state index contributed by atoms with van der Waals surface area (Å²) in [6.07, 6.45) is -3.82. The van der Waals surface area contributed by atoms with Gasteiger partial charge in [-0.25, -0.2) is 4.79 Å². The highest BCUT2D eigenvalue weighted by atomic mass is 35.5. The minimum Gasteiger partial charge on any atom is -0.484 e. The molecule has 1 saturated heterocycles. The van der Waals surface area contributed by atoms with Crippen LogP contribution in [0, 0.1) is 0 Å². The second kappa shape index (κ2) is 9.91. The molecule has 6 nitrogen and oxygen atoms in total. The van der Waals surface area contributed by atoms with E-state index in [1.54, 1.807) is 34.1 Å². The number of nitrogens with zero attached hydrogens (tertiary/aromatic N) is 2. The Hall–Kier alpha value is -2.94. The lowest BCUT2D eigenvalue weighted by Gasteiger charge is -2.22. The standard InChI is InChI=1S/C21H21ClF3N3O3/c22-16-4-6-17(7-5-16)26-20(30)28-11-1-10-27(12-13-28)19(29)15-2-8-18(9-3-15)31-14-21(23,24)25/h2-9H,1,10-14H2,(H,26,30). The van der Waals surface area contributed by atoms with Gasteiger partial charge in [-0.05, 0) is 55.0 Å². The summed E-state index contributed by atoms with van der Waals surface area (Å²) in [6, 6.07) is 12.0. The molecule has 3 rings (SSSR count). The van der Waals surface area contributed by atoms with E-state index in [4.69, 9.17) is 11.6 Å². The van der Waals surface area contributed by atoms with Crippen molar-refractivity contribution >= 4 is 29.2 Å². The largest absolute Gasteiger partial charge is 0.484 e. The summed E-state index contributed by atoms with van der Waals surface area (Å²) < 4.78 is 41.4. The normalized spacial score (nSPS) is 14.7. The lowest BCUT2D eigenvalue weighted by molar-refractivity contribution is -0.153. The number of hydrogen-bond donors (Lipinski definition) is 1. The Balaban J connectivity index is 1.54. The summed E-state index contributed by atoms with van der Waals surface area (Å²) in [7, 11) is 0. The first-order chi connectivity index (χ1) is 14.7. The number of nitrogens with one attached hydrogen (secondary N) is 1. The van der Waals surface area contributed by atoms with Crippen LogP contribution in [0.1, 0.15) is 16.8 Å². The summed E-state index contributed by atoms with van der Waals surface area (Å²) in [4.78, 5) is 28.5. The highest BCUT2D eigenvalue weighted by molar-refractivity contribution is 6.30. The first kappa shape index (κ1) is 22.7. The van der Waals surface area contributed by atoms with Crippen LogP contribution in [-0.2, 0) is 0 Å². The quantitative estimate of drug-likeness (QED) is 0.729. The van der Waals surface area contributed by atoms with E-state index < -0.39 is 12.8 Å². The van der Waals surface area contributed by atoms with Gasteiger partial charge in [0, 0.05) is 42.5 Å². The second-order valence-electron chi connectivity index (χ2n) is 7.00. The van der Waals surface area contributed by atoms with Gasteiger partial charge >= 0.3 is 12.2 Å². The zero-order valence-electron chi connectivity index (χ0n) is 16.5. The molecular weight excluding hydrogens is 435 g/mol. The number of amides is 3. The van der Waals surface area contributed by atoms with Gasteiger partial charge in [0.15, 0.2) is 6.61 Å². The van der Waals surface area contributed by atoms with Crippen molar-refractivity contribution in [1.82, 2.24) is 9.80 Å². The Morgan fingerprint density at radius 3 is 2.19 bits per heavy atom. The van der Waals surface area contributed by atoms with E-state index in [0.717, 1.165) is 0 Å². The molecule has 31 heavy (non-hydrogen) atoms. The van der Waals surface area contributed by atoms with Crippen molar-refractivity contribution in [3.63, 3.8) is 0 Å². The van der Waals surface area contributed by atoms with Crippen LogP contribution in [0.25, 0.3) is 0 Å². The average Bonchev–Trinajstić information content (AvgIpc) is 3.00. The number of carbonyl (C=O) groups excluding carboxylic acids is 2. The van der Waals surface area contributed by atoms with E-state index in [1.807, 2.05) is 0 Å². The molecule has 0 aliphatic carbocycles. The highest BCUT2D eigenvalue weighted by Gasteiger charge is 2.28. The van der Waals surface area contributed by atoms with Gasteiger partial charge in [0.2, 0.25) is 0 Å². The van der Waals surface area contributed by atoms with E-state index in [0.29, 0.717) is 48.9 Å². The predicted octanol–water partition coefficient (Wildman–Crippen LogP) is 4.66. The number of urea groups is 1. The van der Waals surface area contributed by atoms with E-state index in [2.05, 4.69) is 10.1 Å². The molecule has 1 aliphatic heterocycles. The number of anilines is 1. The lowest BCUT2D eigenvalue weighted by Crippen LogP contribution is -2.39. The molecule has 0 bridgehead atoms. The van der Waals surface area contributed by atoms with Crippen LogP contribution in [0.2, 0.25) is 5.02 Å². The van der Waals surface area contributed by atoms with Gasteiger partial charge in [0.1, 0.15) is 5.75 Å². The molecule has 2 aromatic rings. The number of rotatable bonds is 4. The topological polar surface area (TPSA) is 61.9 Å². The van der Waals surface area contributed by atoms with Crippen LogP contribution < -0.4 is 10.1 Å². The second-order valence-corrected chi connectivity index (χ2v) is 7.43. The highest BCUT2D eigenvalue weighted by Crippen LogP contribution is 2.20. The number of hydrogen-bond acceptors (Lipinski definition) is 3. The van der Waals surface area contributed by atoms with Gasteiger partial charge in [-0.15, -0.1) is 0 Å². The van der Waals surface area contributed by atoms with Crippen LogP contribution in [0.5, 0.6) is 5.75 Å². The maximum atomic E-state index is 12.8. The SMILES string of the molecule is O=C(Nc1ccc(Cl)cc1)N1CCCN(C(=O)c2ccc(OCC(F)(F)F)cc2)CC1. The van der Waals surface area contributed by atoms with Crippen molar-refractivity contribution in [2.24, 2.45) is 0 Å². The molecule has 1 aliphatic rings. The first-order valence-corrected chi connectivity index (χ1v) is 9.99. The molecular formula is C21H21ClF3N3O3. The summed E-state index contributed by atoms with van der Waals surface area (Å²) in [5.74, 6) is -0.211. The van der Waals surface area contributed by atoms with Gasteiger partial charge in [0.25, 0.3) is 5.91 Å². The summed E-state index contributed by atoms with van der Waals surface area (Å²) in [6.45, 7) is 0.279. The number of benzene rings is 2. The van der Waals surface area contributed by atoms with Gasteiger partial charge in [-0.1, -0.05) is 11.6 Å². The number of carbonyl (C=O) groups is 2. The first-order valence-electron chi connectivity index (χ1n) is 9.62. The maximum Gasteiger partial charge on any atom is 0.422 e. The predicted molar refractivity (Wildman–Crippen MR) is 111 cm³/mol. The maximum absolute atomic E-state index is 12.8. The zero-order chi connectivity index (χ0) is 22.4. The molecule has 3 amide bonds. The van der Waals surface area contributed by atoms with Crippen LogP contribution in [0.3, 0.4) is 0 Å². The van der Waals surface area contributed by atoms with Gasteiger partial charge < -0.3 is 19.9 Å². The van der Waals surface area contributed by atoms with E-state index in [-0.39, 0.29) is 17.7 Å². The van der Waals surface area contributed by atoms with Gasteiger partial charge in [0.05, 0.1) is 0 Å². The lowest BCUT2D eigenvalue weighted by atomic mass is 10.2. The Kier molecular flexibility index (Phi) is 7.27.